The van der Waals surface area contributed by atoms with E-state index < -0.39 is 0 Å². The van der Waals surface area contributed by atoms with Crippen LogP contribution in [-0.4, -0.2) is 4.75 Å². The van der Waals surface area contributed by atoms with Crippen LogP contribution in [-0.2, 0) is 0 Å². The molecular weight excluding hydrogens is 168 g/mol. The highest BCUT2D eigenvalue weighted by Gasteiger charge is 2.12. The molecule has 0 spiro atoms. The summed E-state index contributed by atoms with van der Waals surface area (Å²) in [7, 11) is 0. The van der Waals surface area contributed by atoms with Crippen molar-refractivity contribution in [3.63, 3.8) is 0 Å². The van der Waals surface area contributed by atoms with Crippen LogP contribution in [0.5, 0.6) is 5.75 Å². The first-order valence-corrected chi connectivity index (χ1v) is 4.73. The van der Waals surface area contributed by atoms with E-state index in [1.54, 1.807) is 0 Å². The second-order valence-corrected chi connectivity index (χ2v) is 5.15. The lowest BCUT2D eigenvalue weighted by Gasteiger charge is -2.16. The summed E-state index contributed by atoms with van der Waals surface area (Å²) in [5.41, 5.74) is 0. The second-order valence-electron chi connectivity index (χ2n) is 3.59. The van der Waals surface area contributed by atoms with Crippen molar-refractivity contribution in [3.8, 4) is 5.75 Å². The quantitative estimate of drug-likeness (QED) is 0.647. The molecule has 12 heavy (non-hydrogen) atoms. The van der Waals surface area contributed by atoms with Gasteiger partial charge in [-0.15, -0.1) is 0 Å². The normalized spacial score (nSPS) is 11.2. The maximum absolute atomic E-state index is 5.49. The zero-order valence-corrected chi connectivity index (χ0v) is 8.52. The Morgan fingerprint density at radius 1 is 1.08 bits per heavy atom. The molecule has 0 fully saturated rings. The Bertz CT molecular complexity index is 225. The van der Waals surface area contributed by atoms with E-state index in [2.05, 4.69) is 20.8 Å². The third-order valence-electron chi connectivity index (χ3n) is 1.13. The number of benzene rings is 1. The molecule has 0 aliphatic heterocycles. The molecule has 0 radical (unpaired) electrons. The van der Waals surface area contributed by atoms with Gasteiger partial charge in [-0.1, -0.05) is 18.2 Å². The summed E-state index contributed by atoms with van der Waals surface area (Å²) in [6, 6.07) is 9.84. The molecule has 0 N–H and O–H groups in total. The summed E-state index contributed by atoms with van der Waals surface area (Å²) in [4.78, 5) is 0. The maximum Gasteiger partial charge on any atom is 0.137 e. The van der Waals surface area contributed by atoms with E-state index in [0.29, 0.717) is 0 Å². The molecule has 0 aromatic heterocycles. The van der Waals surface area contributed by atoms with Crippen LogP contribution in [0, 0.1) is 0 Å². The molecule has 0 amide bonds. The van der Waals surface area contributed by atoms with Crippen LogP contribution >= 0.6 is 12.0 Å². The molecule has 66 valence electrons. The highest BCUT2D eigenvalue weighted by atomic mass is 32.2. The standard InChI is InChI=1S/C10H14OS/c1-10(2,3)12-11-9-7-5-4-6-8-9/h4-8H,1-3H3. The Hall–Kier alpha value is -0.630. The van der Waals surface area contributed by atoms with Crippen LogP contribution in [0.1, 0.15) is 20.8 Å². The lowest BCUT2D eigenvalue weighted by Crippen LogP contribution is -2.09. The van der Waals surface area contributed by atoms with Crippen molar-refractivity contribution < 1.29 is 4.18 Å². The van der Waals surface area contributed by atoms with Crippen LogP contribution in [0.15, 0.2) is 30.3 Å². The summed E-state index contributed by atoms with van der Waals surface area (Å²) in [6.45, 7) is 6.38. The van der Waals surface area contributed by atoms with Crippen LogP contribution in [0.3, 0.4) is 0 Å². The van der Waals surface area contributed by atoms with Gasteiger partial charge in [-0.2, -0.15) is 0 Å². The van der Waals surface area contributed by atoms with Crippen LogP contribution in [0.25, 0.3) is 0 Å². The SMILES string of the molecule is CC(C)(C)SOc1ccccc1. The van der Waals surface area contributed by atoms with Gasteiger partial charge in [0.15, 0.2) is 0 Å². The van der Waals surface area contributed by atoms with E-state index in [1.165, 1.54) is 12.0 Å². The molecule has 0 atom stereocenters. The molecule has 0 aliphatic carbocycles. The monoisotopic (exact) mass is 182 g/mol. The van der Waals surface area contributed by atoms with Gasteiger partial charge >= 0.3 is 0 Å². The van der Waals surface area contributed by atoms with Gasteiger partial charge in [-0.25, -0.2) is 0 Å². The van der Waals surface area contributed by atoms with Crippen LogP contribution in [0.2, 0.25) is 0 Å². The molecule has 0 saturated carbocycles. The summed E-state index contributed by atoms with van der Waals surface area (Å²) in [5, 5.41) is 0. The molecule has 2 heteroatoms. The molecule has 1 aromatic carbocycles. The first-order chi connectivity index (χ1) is 5.58. The van der Waals surface area contributed by atoms with E-state index >= 15 is 0 Å². The highest BCUT2D eigenvalue weighted by Crippen LogP contribution is 2.26. The third kappa shape index (κ3) is 3.67. The average Bonchev–Trinajstić information content (AvgIpc) is 2.02. The topological polar surface area (TPSA) is 9.23 Å². The molecular formula is C10H14OS. The summed E-state index contributed by atoms with van der Waals surface area (Å²) in [6.07, 6.45) is 0. The molecule has 0 heterocycles. The zero-order valence-electron chi connectivity index (χ0n) is 7.70. The van der Waals surface area contributed by atoms with Crippen molar-refractivity contribution in [2.45, 2.75) is 25.5 Å². The Morgan fingerprint density at radius 2 is 1.67 bits per heavy atom. The molecule has 1 nitrogen and oxygen atoms in total. The number of para-hydroxylation sites is 1. The van der Waals surface area contributed by atoms with Gasteiger partial charge in [0, 0.05) is 4.75 Å². The average molecular weight is 182 g/mol. The van der Waals surface area contributed by atoms with Crippen molar-refractivity contribution in [1.29, 1.82) is 0 Å². The molecule has 0 aliphatic rings. The molecule has 1 rings (SSSR count). The van der Waals surface area contributed by atoms with Crippen molar-refractivity contribution in [2.24, 2.45) is 0 Å². The Labute approximate surface area is 78.3 Å². The molecule has 0 saturated heterocycles. The van der Waals surface area contributed by atoms with Crippen molar-refractivity contribution in [2.75, 3.05) is 0 Å². The van der Waals surface area contributed by atoms with Crippen molar-refractivity contribution >= 4 is 12.0 Å². The molecule has 1 aromatic rings. The van der Waals surface area contributed by atoms with Gasteiger partial charge in [0.25, 0.3) is 0 Å². The third-order valence-corrected chi connectivity index (χ3v) is 1.91. The predicted octanol–water partition coefficient (Wildman–Crippen LogP) is 3.51. The first-order valence-electron chi connectivity index (χ1n) is 3.99. The Kier molecular flexibility index (Phi) is 3.04. The van der Waals surface area contributed by atoms with Gasteiger partial charge in [0.1, 0.15) is 5.75 Å². The second kappa shape index (κ2) is 3.85. The number of rotatable bonds is 2. The Balaban J connectivity index is 2.44. The first kappa shape index (κ1) is 9.46. The van der Waals surface area contributed by atoms with Crippen molar-refractivity contribution in [1.82, 2.24) is 0 Å². The van der Waals surface area contributed by atoms with E-state index in [1.807, 2.05) is 30.3 Å². The zero-order chi connectivity index (χ0) is 9.03. The fourth-order valence-corrected chi connectivity index (χ4v) is 1.11. The highest BCUT2D eigenvalue weighted by molar-refractivity contribution is 7.96. The van der Waals surface area contributed by atoms with E-state index in [0.717, 1.165) is 5.75 Å². The minimum atomic E-state index is 0.149. The van der Waals surface area contributed by atoms with Gasteiger partial charge in [-0.05, 0) is 32.9 Å². The van der Waals surface area contributed by atoms with E-state index in [4.69, 9.17) is 4.18 Å². The number of hydrogen-bond donors (Lipinski definition) is 0. The van der Waals surface area contributed by atoms with Gasteiger partial charge in [-0.3, -0.25) is 0 Å². The lowest BCUT2D eigenvalue weighted by atomic mass is 10.3. The maximum atomic E-state index is 5.49. The minimum absolute atomic E-state index is 0.149. The molecule has 0 unspecified atom stereocenters. The van der Waals surface area contributed by atoms with E-state index in [9.17, 15) is 0 Å². The van der Waals surface area contributed by atoms with E-state index in [-0.39, 0.29) is 4.75 Å². The molecule has 0 bridgehead atoms. The fraction of sp³-hybridized carbons (Fsp3) is 0.400. The number of hydrogen-bond acceptors (Lipinski definition) is 2. The predicted molar refractivity (Wildman–Crippen MR) is 54.4 cm³/mol. The van der Waals surface area contributed by atoms with Crippen LogP contribution < -0.4 is 4.18 Å². The fourth-order valence-electron chi connectivity index (χ4n) is 0.649. The van der Waals surface area contributed by atoms with Crippen molar-refractivity contribution in [3.05, 3.63) is 30.3 Å². The summed E-state index contributed by atoms with van der Waals surface area (Å²) in [5.74, 6) is 0.914. The Morgan fingerprint density at radius 3 is 2.17 bits per heavy atom. The van der Waals surface area contributed by atoms with Crippen LogP contribution in [0.4, 0.5) is 0 Å². The van der Waals surface area contributed by atoms with Gasteiger partial charge in [0.05, 0.1) is 12.0 Å². The smallest absolute Gasteiger partial charge is 0.137 e. The summed E-state index contributed by atoms with van der Waals surface area (Å²) >= 11 is 1.49. The minimum Gasteiger partial charge on any atom is -0.425 e. The summed E-state index contributed by atoms with van der Waals surface area (Å²) < 4.78 is 5.64. The van der Waals surface area contributed by atoms with Gasteiger partial charge in [0.2, 0.25) is 0 Å². The van der Waals surface area contributed by atoms with Gasteiger partial charge < -0.3 is 4.18 Å². The largest absolute Gasteiger partial charge is 0.425 e. The lowest BCUT2D eigenvalue weighted by molar-refractivity contribution is 0.614.